The van der Waals surface area contributed by atoms with Crippen molar-refractivity contribution in [3.05, 3.63) is 74.4 Å². The van der Waals surface area contributed by atoms with Crippen molar-refractivity contribution in [3.8, 4) is 0 Å². The van der Waals surface area contributed by atoms with Crippen molar-refractivity contribution in [1.82, 2.24) is 14.8 Å². The van der Waals surface area contributed by atoms with Crippen LogP contribution in [0.5, 0.6) is 0 Å². The Morgan fingerprint density at radius 3 is 2.61 bits per heavy atom. The number of morpholine rings is 1. The number of carbonyl (C=O) groups excluding carboxylic acids is 1. The van der Waals surface area contributed by atoms with Crippen molar-refractivity contribution in [2.45, 2.75) is 13.0 Å². The first-order valence-electron chi connectivity index (χ1n) is 10.3. The van der Waals surface area contributed by atoms with Crippen LogP contribution in [0.3, 0.4) is 0 Å². The van der Waals surface area contributed by atoms with Crippen LogP contribution in [0.25, 0.3) is 11.0 Å². The summed E-state index contributed by atoms with van der Waals surface area (Å²) < 4.78 is 11.4. The molecule has 1 aromatic carbocycles. The average Bonchev–Trinajstić information content (AvgIpc) is 3.07. The molecule has 0 spiro atoms. The largest absolute Gasteiger partial charge is 0.450 e. The average molecular weight is 440 g/mol. The SMILES string of the molecule is Cc1cc2oc3c(c(=O)c2cc1Cl)C(c1ccncc1)N(CCN1CCOCC1)C3=O. The van der Waals surface area contributed by atoms with Crippen LogP contribution in [0.4, 0.5) is 0 Å². The van der Waals surface area contributed by atoms with Crippen molar-refractivity contribution in [1.29, 1.82) is 0 Å². The quantitative estimate of drug-likeness (QED) is 0.622. The molecule has 0 N–H and O–H groups in total. The van der Waals surface area contributed by atoms with Gasteiger partial charge in [-0.05, 0) is 42.3 Å². The molecule has 2 aliphatic rings. The van der Waals surface area contributed by atoms with Gasteiger partial charge in [0.15, 0.2) is 5.43 Å². The van der Waals surface area contributed by atoms with Gasteiger partial charge in [-0.15, -0.1) is 0 Å². The van der Waals surface area contributed by atoms with Crippen LogP contribution in [-0.2, 0) is 4.74 Å². The van der Waals surface area contributed by atoms with E-state index >= 15 is 0 Å². The number of rotatable bonds is 4. The molecule has 7 nitrogen and oxygen atoms in total. The molecule has 160 valence electrons. The first-order chi connectivity index (χ1) is 15.0. The summed E-state index contributed by atoms with van der Waals surface area (Å²) in [7, 11) is 0. The van der Waals surface area contributed by atoms with E-state index < -0.39 is 6.04 Å². The Morgan fingerprint density at radius 1 is 1.13 bits per heavy atom. The number of amides is 1. The fraction of sp³-hybridized carbons (Fsp3) is 0.348. The third-order valence-corrected chi connectivity index (χ3v) is 6.44. The van der Waals surface area contributed by atoms with Gasteiger partial charge in [0.05, 0.1) is 30.2 Å². The molecule has 2 aliphatic heterocycles. The zero-order valence-corrected chi connectivity index (χ0v) is 17.9. The third kappa shape index (κ3) is 3.52. The van der Waals surface area contributed by atoms with Crippen molar-refractivity contribution in [2.24, 2.45) is 0 Å². The molecule has 0 radical (unpaired) electrons. The number of benzene rings is 1. The topological polar surface area (TPSA) is 75.9 Å². The van der Waals surface area contributed by atoms with E-state index in [1.165, 1.54) is 0 Å². The van der Waals surface area contributed by atoms with E-state index in [9.17, 15) is 9.59 Å². The minimum absolute atomic E-state index is 0.114. The first-order valence-corrected chi connectivity index (χ1v) is 10.7. The number of aromatic nitrogens is 1. The maximum absolute atomic E-state index is 13.5. The fourth-order valence-corrected chi connectivity index (χ4v) is 4.50. The molecule has 2 aromatic heterocycles. The lowest BCUT2D eigenvalue weighted by atomic mass is 9.99. The summed E-state index contributed by atoms with van der Waals surface area (Å²) in [5, 5.41) is 0.880. The maximum atomic E-state index is 13.5. The van der Waals surface area contributed by atoms with Gasteiger partial charge in [0.2, 0.25) is 5.76 Å². The van der Waals surface area contributed by atoms with Crippen LogP contribution < -0.4 is 5.43 Å². The molecule has 1 atom stereocenters. The lowest BCUT2D eigenvalue weighted by Crippen LogP contribution is -2.42. The van der Waals surface area contributed by atoms with Crippen LogP contribution in [0, 0.1) is 6.92 Å². The van der Waals surface area contributed by atoms with Gasteiger partial charge in [0, 0.05) is 43.6 Å². The molecular weight excluding hydrogens is 418 g/mol. The number of ether oxygens (including phenoxy) is 1. The Kier molecular flexibility index (Phi) is 5.25. The molecule has 8 heteroatoms. The summed E-state index contributed by atoms with van der Waals surface area (Å²) in [5.74, 6) is -0.153. The van der Waals surface area contributed by atoms with Gasteiger partial charge in [-0.25, -0.2) is 0 Å². The van der Waals surface area contributed by atoms with E-state index in [2.05, 4.69) is 9.88 Å². The maximum Gasteiger partial charge on any atom is 0.290 e. The normalized spacial score (nSPS) is 19.2. The summed E-state index contributed by atoms with van der Waals surface area (Å²) in [4.78, 5) is 35.0. The predicted octanol–water partition coefficient (Wildman–Crippen LogP) is 3.03. The molecule has 0 aliphatic carbocycles. The minimum atomic E-state index is -0.521. The monoisotopic (exact) mass is 439 g/mol. The van der Waals surface area contributed by atoms with Crippen LogP contribution in [0.15, 0.2) is 45.9 Å². The smallest absolute Gasteiger partial charge is 0.290 e. The van der Waals surface area contributed by atoms with Gasteiger partial charge in [-0.1, -0.05) is 11.6 Å². The van der Waals surface area contributed by atoms with Gasteiger partial charge in [0.25, 0.3) is 5.91 Å². The Bertz CT molecular complexity index is 1200. The second-order valence-electron chi connectivity index (χ2n) is 7.91. The van der Waals surface area contributed by atoms with Crippen LogP contribution in [-0.4, -0.2) is 60.1 Å². The minimum Gasteiger partial charge on any atom is -0.450 e. The first kappa shape index (κ1) is 20.2. The van der Waals surface area contributed by atoms with Gasteiger partial charge >= 0.3 is 0 Å². The van der Waals surface area contributed by atoms with E-state index in [-0.39, 0.29) is 17.1 Å². The Morgan fingerprint density at radius 2 is 1.87 bits per heavy atom. The number of fused-ring (bicyclic) bond motifs is 2. The van der Waals surface area contributed by atoms with E-state index in [4.69, 9.17) is 20.8 Å². The molecule has 31 heavy (non-hydrogen) atoms. The number of carbonyl (C=O) groups is 1. The Labute approximate surface area is 184 Å². The highest BCUT2D eigenvalue weighted by Gasteiger charge is 2.42. The summed E-state index contributed by atoms with van der Waals surface area (Å²) in [6.07, 6.45) is 3.34. The highest BCUT2D eigenvalue weighted by molar-refractivity contribution is 6.32. The lowest BCUT2D eigenvalue weighted by Gasteiger charge is -2.31. The number of pyridine rings is 1. The highest BCUT2D eigenvalue weighted by Crippen LogP contribution is 2.38. The van der Waals surface area contributed by atoms with E-state index in [0.29, 0.717) is 47.9 Å². The van der Waals surface area contributed by atoms with E-state index in [1.54, 1.807) is 29.4 Å². The summed E-state index contributed by atoms with van der Waals surface area (Å²) in [5.41, 5.74) is 2.14. The molecule has 4 heterocycles. The van der Waals surface area contributed by atoms with E-state index in [1.807, 2.05) is 19.1 Å². The van der Waals surface area contributed by atoms with Crippen molar-refractivity contribution in [3.63, 3.8) is 0 Å². The molecule has 0 saturated carbocycles. The van der Waals surface area contributed by atoms with Gasteiger partial charge < -0.3 is 14.1 Å². The van der Waals surface area contributed by atoms with Crippen molar-refractivity contribution < 1.29 is 13.9 Å². The van der Waals surface area contributed by atoms with Gasteiger partial charge in [-0.2, -0.15) is 0 Å². The van der Waals surface area contributed by atoms with Gasteiger partial charge in [0.1, 0.15) is 5.58 Å². The summed E-state index contributed by atoms with van der Waals surface area (Å²) >= 11 is 6.28. The second kappa shape index (κ2) is 8.07. The highest BCUT2D eigenvalue weighted by atomic mass is 35.5. The zero-order valence-electron chi connectivity index (χ0n) is 17.1. The zero-order chi connectivity index (χ0) is 21.5. The second-order valence-corrected chi connectivity index (χ2v) is 8.31. The molecule has 1 saturated heterocycles. The van der Waals surface area contributed by atoms with Crippen LogP contribution in [0.2, 0.25) is 5.02 Å². The Hall–Kier alpha value is -2.74. The number of aryl methyl sites for hydroxylation is 1. The standard InChI is InChI=1S/C23H22ClN3O4/c1-14-12-18-16(13-17(14)24)21(28)19-20(15-2-4-25-5-3-15)27(23(29)22(19)31-18)7-6-26-8-10-30-11-9-26/h2-5,12-13,20H,6-11H2,1H3. The van der Waals surface area contributed by atoms with Crippen molar-refractivity contribution in [2.75, 3.05) is 39.4 Å². The summed E-state index contributed by atoms with van der Waals surface area (Å²) in [6, 6.07) is 6.49. The van der Waals surface area contributed by atoms with Crippen LogP contribution in [0.1, 0.15) is 33.3 Å². The fourth-order valence-electron chi connectivity index (χ4n) is 4.34. The van der Waals surface area contributed by atoms with Crippen molar-refractivity contribution >= 4 is 28.5 Å². The molecule has 5 rings (SSSR count). The molecule has 1 amide bonds. The number of halogens is 1. The predicted molar refractivity (Wildman–Crippen MR) is 117 cm³/mol. The third-order valence-electron chi connectivity index (χ3n) is 6.03. The summed E-state index contributed by atoms with van der Waals surface area (Å²) in [6.45, 7) is 6.04. The molecule has 1 unspecified atom stereocenters. The van der Waals surface area contributed by atoms with Crippen LogP contribution >= 0.6 is 11.6 Å². The molecule has 0 bridgehead atoms. The molecule has 3 aromatic rings. The lowest BCUT2D eigenvalue weighted by molar-refractivity contribution is 0.0314. The van der Waals surface area contributed by atoms with Gasteiger partial charge in [-0.3, -0.25) is 19.5 Å². The number of hydrogen-bond donors (Lipinski definition) is 0. The molecule has 1 fully saturated rings. The Balaban J connectivity index is 1.61. The molecular formula is C23H22ClN3O4. The number of nitrogens with zero attached hydrogens (tertiary/aromatic N) is 3. The number of hydrogen-bond acceptors (Lipinski definition) is 6. The van der Waals surface area contributed by atoms with E-state index in [0.717, 1.165) is 24.2 Å².